The van der Waals surface area contributed by atoms with Crippen LogP contribution in [0.1, 0.15) is 5.69 Å². The van der Waals surface area contributed by atoms with Gasteiger partial charge in [0, 0.05) is 66.4 Å². The van der Waals surface area contributed by atoms with Crippen LogP contribution in [-0.2, 0) is 0 Å². The Kier molecular flexibility index (Phi) is 5.61. The monoisotopic (exact) mass is 486 g/mol. The number of pyridine rings is 3. The van der Waals surface area contributed by atoms with Crippen LogP contribution in [0.3, 0.4) is 0 Å². The number of hydrogen-bond acceptors (Lipinski definition) is 7. The summed E-state index contributed by atoms with van der Waals surface area (Å²) in [5, 5.41) is 7.91. The number of benzene rings is 2. The summed E-state index contributed by atoms with van der Waals surface area (Å²) in [6, 6.07) is 22.2. The van der Waals surface area contributed by atoms with Crippen molar-refractivity contribution in [3.8, 4) is 11.4 Å². The van der Waals surface area contributed by atoms with Gasteiger partial charge in [0.1, 0.15) is 11.6 Å². The van der Waals surface area contributed by atoms with Gasteiger partial charge in [-0.15, -0.1) is 0 Å². The Morgan fingerprint density at radius 2 is 1.59 bits per heavy atom. The van der Waals surface area contributed by atoms with Crippen LogP contribution in [0.2, 0.25) is 0 Å². The maximum absolute atomic E-state index is 4.76. The van der Waals surface area contributed by atoms with E-state index in [0.717, 1.165) is 67.6 Å². The minimum atomic E-state index is 0.752. The van der Waals surface area contributed by atoms with E-state index in [0.29, 0.717) is 0 Å². The zero-order valence-electron chi connectivity index (χ0n) is 20.8. The topological polar surface area (TPSA) is 94.6 Å². The third kappa shape index (κ3) is 4.64. The number of aromatic amines is 1. The van der Waals surface area contributed by atoms with Crippen LogP contribution >= 0.6 is 0 Å². The lowest BCUT2D eigenvalue weighted by molar-refractivity contribution is 1.13. The van der Waals surface area contributed by atoms with Crippen LogP contribution in [-0.4, -0.2) is 39.0 Å². The highest BCUT2D eigenvalue weighted by Gasteiger charge is 2.09. The molecule has 0 aliphatic carbocycles. The van der Waals surface area contributed by atoms with E-state index in [2.05, 4.69) is 53.7 Å². The summed E-state index contributed by atoms with van der Waals surface area (Å²) in [5.41, 5.74) is 8.72. The quantitative estimate of drug-likeness (QED) is 0.250. The molecule has 0 aliphatic heterocycles. The van der Waals surface area contributed by atoms with Crippen molar-refractivity contribution in [2.75, 3.05) is 29.6 Å². The Balaban J connectivity index is 1.24. The average Bonchev–Trinajstić information content (AvgIpc) is 3.32. The Labute approximate surface area is 214 Å². The van der Waals surface area contributed by atoms with Gasteiger partial charge in [0.2, 0.25) is 0 Å². The summed E-state index contributed by atoms with van der Waals surface area (Å²) in [5.74, 6) is 1.53. The van der Waals surface area contributed by atoms with Crippen molar-refractivity contribution in [1.82, 2.24) is 24.9 Å². The largest absolute Gasteiger partial charge is 0.378 e. The fourth-order valence-corrected chi connectivity index (χ4v) is 4.28. The first-order chi connectivity index (χ1) is 18.0. The SMILES string of the molecule is Cc1cc(Nc2ccc3nc(-c4ccc(Nc5ccnc6ccc(N(C)C)cc56)nc4)[nH]c3c2)ccn1. The molecule has 0 unspecified atom stereocenters. The van der Waals surface area contributed by atoms with Crippen molar-refractivity contribution in [2.45, 2.75) is 6.92 Å². The second-order valence-electron chi connectivity index (χ2n) is 9.14. The number of nitrogens with zero attached hydrogens (tertiary/aromatic N) is 5. The van der Waals surface area contributed by atoms with Crippen molar-refractivity contribution in [1.29, 1.82) is 0 Å². The van der Waals surface area contributed by atoms with Crippen LogP contribution in [0.5, 0.6) is 0 Å². The molecule has 8 nitrogen and oxygen atoms in total. The third-order valence-corrected chi connectivity index (χ3v) is 6.21. The zero-order valence-corrected chi connectivity index (χ0v) is 20.8. The Bertz CT molecular complexity index is 1720. The lowest BCUT2D eigenvalue weighted by atomic mass is 10.1. The standard InChI is InChI=1S/C29H26N8/c1-18-14-21(10-12-30-18)33-20-5-7-26-27(15-20)36-29(35-26)19-4-9-28(32-17-19)34-25-11-13-31-24-8-6-22(37(2)3)16-23(24)25/h4-17H,1-3H3,(H,30,33)(H,35,36)(H,31,32,34). The molecule has 4 aromatic heterocycles. The number of rotatable bonds is 6. The fraction of sp³-hybridized carbons (Fsp3) is 0.103. The summed E-state index contributed by atoms with van der Waals surface area (Å²) in [6.45, 7) is 1.98. The summed E-state index contributed by atoms with van der Waals surface area (Å²) in [6.07, 6.45) is 5.43. The van der Waals surface area contributed by atoms with Crippen LogP contribution in [0.15, 0.2) is 85.3 Å². The molecule has 6 aromatic rings. The Hall–Kier alpha value is -4.98. The van der Waals surface area contributed by atoms with Gasteiger partial charge in [-0.1, -0.05) is 0 Å². The van der Waals surface area contributed by atoms with Gasteiger partial charge >= 0.3 is 0 Å². The molecular weight excluding hydrogens is 460 g/mol. The maximum atomic E-state index is 4.76. The first kappa shape index (κ1) is 22.5. The third-order valence-electron chi connectivity index (χ3n) is 6.21. The highest BCUT2D eigenvalue weighted by molar-refractivity contribution is 5.94. The molecule has 2 aromatic carbocycles. The summed E-state index contributed by atoms with van der Waals surface area (Å²) in [4.78, 5) is 23.7. The van der Waals surface area contributed by atoms with E-state index in [1.165, 1.54) is 0 Å². The molecular formula is C29H26N8. The van der Waals surface area contributed by atoms with Gasteiger partial charge in [-0.25, -0.2) is 9.97 Å². The number of hydrogen-bond donors (Lipinski definition) is 3. The molecule has 6 rings (SSSR count). The van der Waals surface area contributed by atoms with Crippen molar-refractivity contribution < 1.29 is 0 Å². The predicted octanol–water partition coefficient (Wildman–Crippen LogP) is 6.43. The van der Waals surface area contributed by atoms with Crippen LogP contribution in [0, 0.1) is 6.92 Å². The smallest absolute Gasteiger partial charge is 0.140 e. The van der Waals surface area contributed by atoms with Gasteiger partial charge in [-0.3, -0.25) is 9.97 Å². The van der Waals surface area contributed by atoms with Gasteiger partial charge in [0.25, 0.3) is 0 Å². The average molecular weight is 487 g/mol. The van der Waals surface area contributed by atoms with Crippen molar-refractivity contribution in [3.63, 3.8) is 0 Å². The lowest BCUT2D eigenvalue weighted by Gasteiger charge is -2.15. The highest BCUT2D eigenvalue weighted by Crippen LogP contribution is 2.29. The number of nitrogens with one attached hydrogen (secondary N) is 3. The fourth-order valence-electron chi connectivity index (χ4n) is 4.28. The minimum Gasteiger partial charge on any atom is -0.378 e. The van der Waals surface area contributed by atoms with Gasteiger partial charge in [0.05, 0.1) is 22.2 Å². The molecule has 4 heterocycles. The normalized spacial score (nSPS) is 11.1. The van der Waals surface area contributed by atoms with Crippen molar-refractivity contribution >= 4 is 50.5 Å². The number of anilines is 5. The summed E-state index contributed by atoms with van der Waals surface area (Å²) in [7, 11) is 4.06. The number of aromatic nitrogens is 5. The van der Waals surface area contributed by atoms with E-state index in [1.807, 2.05) is 81.9 Å². The first-order valence-corrected chi connectivity index (χ1v) is 12.0. The molecule has 3 N–H and O–H groups in total. The Morgan fingerprint density at radius 3 is 2.41 bits per heavy atom. The molecule has 0 saturated heterocycles. The van der Waals surface area contributed by atoms with Crippen LogP contribution in [0.25, 0.3) is 33.3 Å². The highest BCUT2D eigenvalue weighted by atomic mass is 15.1. The van der Waals surface area contributed by atoms with Crippen LogP contribution < -0.4 is 15.5 Å². The van der Waals surface area contributed by atoms with E-state index >= 15 is 0 Å². The van der Waals surface area contributed by atoms with Crippen LogP contribution in [0.4, 0.5) is 28.6 Å². The molecule has 0 spiro atoms. The Morgan fingerprint density at radius 1 is 0.757 bits per heavy atom. The predicted molar refractivity (Wildman–Crippen MR) is 151 cm³/mol. The number of imidazole rings is 1. The molecule has 0 atom stereocenters. The number of fused-ring (bicyclic) bond motifs is 2. The summed E-state index contributed by atoms with van der Waals surface area (Å²) < 4.78 is 0. The lowest BCUT2D eigenvalue weighted by Crippen LogP contribution is -2.08. The van der Waals surface area contributed by atoms with E-state index in [4.69, 9.17) is 4.98 Å². The van der Waals surface area contributed by atoms with Gasteiger partial charge in [-0.05, 0) is 73.7 Å². The molecule has 182 valence electrons. The molecule has 0 saturated carbocycles. The van der Waals surface area contributed by atoms with Crippen molar-refractivity contribution in [2.24, 2.45) is 0 Å². The molecule has 0 fully saturated rings. The molecule has 0 aliphatic rings. The second kappa shape index (κ2) is 9.23. The van der Waals surface area contributed by atoms with Gasteiger partial charge < -0.3 is 20.5 Å². The minimum absolute atomic E-state index is 0.752. The van der Waals surface area contributed by atoms with E-state index in [9.17, 15) is 0 Å². The van der Waals surface area contributed by atoms with Gasteiger partial charge in [-0.2, -0.15) is 0 Å². The van der Waals surface area contributed by atoms with E-state index < -0.39 is 0 Å². The van der Waals surface area contributed by atoms with Crippen molar-refractivity contribution in [3.05, 3.63) is 91.0 Å². The first-order valence-electron chi connectivity index (χ1n) is 12.0. The summed E-state index contributed by atoms with van der Waals surface area (Å²) >= 11 is 0. The molecule has 8 heteroatoms. The second-order valence-corrected chi connectivity index (χ2v) is 9.14. The molecule has 0 radical (unpaired) electrons. The number of aryl methyl sites for hydroxylation is 1. The van der Waals surface area contributed by atoms with E-state index in [1.54, 1.807) is 6.20 Å². The molecule has 0 amide bonds. The zero-order chi connectivity index (χ0) is 25.4. The molecule has 37 heavy (non-hydrogen) atoms. The van der Waals surface area contributed by atoms with Gasteiger partial charge in [0.15, 0.2) is 0 Å². The van der Waals surface area contributed by atoms with E-state index in [-0.39, 0.29) is 0 Å². The molecule has 0 bridgehead atoms. The maximum Gasteiger partial charge on any atom is 0.140 e. The number of H-pyrrole nitrogens is 1.